The molecule has 0 radical (unpaired) electrons. The monoisotopic (exact) mass is 270 g/mol. The van der Waals surface area contributed by atoms with Gasteiger partial charge >= 0.3 is 12.0 Å². The third-order valence-electron chi connectivity index (χ3n) is 4.49. The molecular formula is C14H26N2O3. The van der Waals surface area contributed by atoms with Crippen LogP contribution in [-0.4, -0.2) is 29.2 Å². The fourth-order valence-corrected chi connectivity index (χ4v) is 2.14. The number of amides is 2. The zero-order valence-electron chi connectivity index (χ0n) is 12.4. The van der Waals surface area contributed by atoms with E-state index >= 15 is 0 Å². The molecule has 0 bridgehead atoms. The Balaban J connectivity index is 2.53. The second-order valence-corrected chi connectivity index (χ2v) is 6.55. The number of carbonyl (C=O) groups excluding carboxylic acids is 1. The number of nitrogens with one attached hydrogen (secondary N) is 2. The molecule has 5 heteroatoms. The zero-order valence-corrected chi connectivity index (χ0v) is 12.4. The molecule has 1 fully saturated rings. The molecule has 0 heterocycles. The number of hydrogen-bond donors (Lipinski definition) is 3. The molecule has 110 valence electrons. The third-order valence-corrected chi connectivity index (χ3v) is 4.49. The number of urea groups is 1. The van der Waals surface area contributed by atoms with Gasteiger partial charge in [0.1, 0.15) is 5.54 Å². The third kappa shape index (κ3) is 3.85. The fraction of sp³-hybridized carbons (Fsp3) is 0.857. The summed E-state index contributed by atoms with van der Waals surface area (Å²) in [6.45, 7) is 8.91. The molecule has 3 N–H and O–H groups in total. The van der Waals surface area contributed by atoms with E-state index in [1.165, 1.54) is 0 Å². The van der Waals surface area contributed by atoms with Crippen molar-refractivity contribution < 1.29 is 14.7 Å². The van der Waals surface area contributed by atoms with Gasteiger partial charge in [-0.15, -0.1) is 0 Å². The van der Waals surface area contributed by atoms with Gasteiger partial charge in [0.25, 0.3) is 0 Å². The fourth-order valence-electron chi connectivity index (χ4n) is 2.14. The predicted molar refractivity (Wildman–Crippen MR) is 74.0 cm³/mol. The summed E-state index contributed by atoms with van der Waals surface area (Å²) < 4.78 is 0. The van der Waals surface area contributed by atoms with Crippen molar-refractivity contribution in [3.8, 4) is 0 Å². The van der Waals surface area contributed by atoms with E-state index in [1.807, 2.05) is 0 Å². The minimum absolute atomic E-state index is 0.0105. The molecule has 1 rings (SSSR count). The van der Waals surface area contributed by atoms with Crippen LogP contribution in [0.2, 0.25) is 0 Å². The number of aliphatic carboxylic acids is 1. The van der Waals surface area contributed by atoms with E-state index in [2.05, 4.69) is 38.3 Å². The lowest BCUT2D eigenvalue weighted by atomic mass is 9.81. The summed E-state index contributed by atoms with van der Waals surface area (Å²) in [6, 6.07) is -0.377. The maximum absolute atomic E-state index is 11.9. The number of carboxylic acids is 1. The van der Waals surface area contributed by atoms with E-state index in [0.717, 1.165) is 12.8 Å². The van der Waals surface area contributed by atoms with E-state index in [4.69, 9.17) is 0 Å². The summed E-state index contributed by atoms with van der Waals surface area (Å²) in [4.78, 5) is 23.2. The number of carbonyl (C=O) groups is 2. The van der Waals surface area contributed by atoms with E-state index in [0.29, 0.717) is 25.3 Å². The first-order valence-corrected chi connectivity index (χ1v) is 6.99. The molecule has 0 aromatic rings. The molecule has 19 heavy (non-hydrogen) atoms. The van der Waals surface area contributed by atoms with Gasteiger partial charge in [-0.1, -0.05) is 40.5 Å². The van der Waals surface area contributed by atoms with Crippen LogP contribution in [0.3, 0.4) is 0 Å². The highest BCUT2D eigenvalue weighted by Gasteiger charge is 2.42. The van der Waals surface area contributed by atoms with Crippen molar-refractivity contribution in [2.75, 3.05) is 6.54 Å². The Morgan fingerprint density at radius 3 is 2.21 bits per heavy atom. The smallest absolute Gasteiger partial charge is 0.329 e. The standard InChI is InChI=1S/C14H26N2O3/c1-10(2)13(3,4)9-15-12(19)16-14(11(17)18)7-5-6-8-14/h10H,5-9H2,1-4H3,(H,17,18)(H2,15,16,19). The molecule has 5 nitrogen and oxygen atoms in total. The van der Waals surface area contributed by atoms with Gasteiger partial charge in [-0.25, -0.2) is 9.59 Å². The van der Waals surface area contributed by atoms with Crippen LogP contribution in [0.5, 0.6) is 0 Å². The Bertz CT molecular complexity index is 345. The summed E-state index contributed by atoms with van der Waals surface area (Å²) in [5, 5.41) is 14.7. The second-order valence-electron chi connectivity index (χ2n) is 6.55. The highest BCUT2D eigenvalue weighted by atomic mass is 16.4. The summed E-state index contributed by atoms with van der Waals surface area (Å²) >= 11 is 0. The summed E-state index contributed by atoms with van der Waals surface area (Å²) in [6.07, 6.45) is 2.74. The first-order chi connectivity index (χ1) is 8.69. The highest BCUT2D eigenvalue weighted by molar-refractivity contribution is 5.86. The number of hydrogen-bond acceptors (Lipinski definition) is 2. The van der Waals surface area contributed by atoms with Crippen LogP contribution in [0.1, 0.15) is 53.4 Å². The molecule has 1 saturated carbocycles. The van der Waals surface area contributed by atoms with Crippen molar-refractivity contribution in [1.82, 2.24) is 10.6 Å². The quantitative estimate of drug-likeness (QED) is 0.717. The van der Waals surface area contributed by atoms with Crippen molar-refractivity contribution in [1.29, 1.82) is 0 Å². The molecule has 2 amide bonds. The Morgan fingerprint density at radius 1 is 1.26 bits per heavy atom. The van der Waals surface area contributed by atoms with Gasteiger partial charge in [-0.3, -0.25) is 0 Å². The number of carboxylic acid groups (broad SMARTS) is 1. The van der Waals surface area contributed by atoms with E-state index < -0.39 is 11.5 Å². The average molecular weight is 270 g/mol. The topological polar surface area (TPSA) is 78.4 Å². The van der Waals surface area contributed by atoms with Gasteiger partial charge in [0, 0.05) is 6.54 Å². The molecule has 0 aliphatic heterocycles. The predicted octanol–water partition coefficient (Wildman–Crippen LogP) is 2.37. The Labute approximate surface area is 115 Å². The van der Waals surface area contributed by atoms with Gasteiger partial charge in [-0.2, -0.15) is 0 Å². The molecule has 0 unspecified atom stereocenters. The maximum Gasteiger partial charge on any atom is 0.329 e. The average Bonchev–Trinajstić information content (AvgIpc) is 2.76. The van der Waals surface area contributed by atoms with Gasteiger partial charge in [0.05, 0.1) is 0 Å². The van der Waals surface area contributed by atoms with Crippen molar-refractivity contribution >= 4 is 12.0 Å². The lowest BCUT2D eigenvalue weighted by Crippen LogP contribution is -2.56. The first kappa shape index (κ1) is 15.8. The van der Waals surface area contributed by atoms with Gasteiger partial charge in [0.15, 0.2) is 0 Å². The summed E-state index contributed by atoms with van der Waals surface area (Å²) in [5.74, 6) is -0.490. The minimum atomic E-state index is -1.06. The molecule has 0 atom stereocenters. The van der Waals surface area contributed by atoms with Gasteiger partial charge < -0.3 is 15.7 Å². The molecule has 1 aliphatic rings. The highest BCUT2D eigenvalue weighted by Crippen LogP contribution is 2.30. The number of rotatable bonds is 5. The molecule has 0 aromatic heterocycles. The minimum Gasteiger partial charge on any atom is -0.480 e. The molecular weight excluding hydrogens is 244 g/mol. The Hall–Kier alpha value is -1.26. The van der Waals surface area contributed by atoms with Crippen LogP contribution < -0.4 is 10.6 Å². The maximum atomic E-state index is 11.9. The Kier molecular flexibility index (Phi) is 4.82. The lowest BCUT2D eigenvalue weighted by molar-refractivity contribution is -0.144. The zero-order chi connectivity index (χ0) is 14.7. The van der Waals surface area contributed by atoms with Gasteiger partial charge in [-0.05, 0) is 24.2 Å². The first-order valence-electron chi connectivity index (χ1n) is 6.99. The van der Waals surface area contributed by atoms with Crippen LogP contribution >= 0.6 is 0 Å². The van der Waals surface area contributed by atoms with Crippen LogP contribution in [0.25, 0.3) is 0 Å². The van der Waals surface area contributed by atoms with Crippen LogP contribution in [0.15, 0.2) is 0 Å². The molecule has 0 spiro atoms. The summed E-state index contributed by atoms with van der Waals surface area (Å²) in [5.41, 5.74) is -1.07. The molecule has 1 aliphatic carbocycles. The van der Waals surface area contributed by atoms with Crippen LogP contribution in [-0.2, 0) is 4.79 Å². The van der Waals surface area contributed by atoms with E-state index in [-0.39, 0.29) is 11.4 Å². The lowest BCUT2D eigenvalue weighted by Gasteiger charge is -2.31. The normalized spacial score (nSPS) is 18.4. The van der Waals surface area contributed by atoms with Crippen LogP contribution in [0, 0.1) is 11.3 Å². The van der Waals surface area contributed by atoms with Crippen LogP contribution in [0.4, 0.5) is 4.79 Å². The SMILES string of the molecule is CC(C)C(C)(C)CNC(=O)NC1(C(=O)O)CCCC1. The van der Waals surface area contributed by atoms with Gasteiger partial charge in [0.2, 0.25) is 0 Å². The van der Waals surface area contributed by atoms with Crippen molar-refractivity contribution in [3.63, 3.8) is 0 Å². The van der Waals surface area contributed by atoms with Crippen molar-refractivity contribution in [2.45, 2.75) is 58.9 Å². The van der Waals surface area contributed by atoms with E-state index in [1.54, 1.807) is 0 Å². The van der Waals surface area contributed by atoms with Crippen molar-refractivity contribution in [2.24, 2.45) is 11.3 Å². The second kappa shape index (κ2) is 5.80. The van der Waals surface area contributed by atoms with E-state index in [9.17, 15) is 14.7 Å². The largest absolute Gasteiger partial charge is 0.480 e. The molecule has 0 aromatic carbocycles. The Morgan fingerprint density at radius 2 is 1.79 bits per heavy atom. The van der Waals surface area contributed by atoms with Crippen molar-refractivity contribution in [3.05, 3.63) is 0 Å². The molecule has 0 saturated heterocycles. The summed E-state index contributed by atoms with van der Waals surface area (Å²) in [7, 11) is 0.